The molecule has 2 aromatic rings. The summed E-state index contributed by atoms with van der Waals surface area (Å²) >= 11 is 0. The van der Waals surface area contributed by atoms with Crippen LogP contribution in [0.4, 0.5) is 0 Å². The Morgan fingerprint density at radius 2 is 1.27 bits per heavy atom. The lowest BCUT2D eigenvalue weighted by Crippen LogP contribution is -2.33. The van der Waals surface area contributed by atoms with E-state index in [-0.39, 0.29) is 0 Å². The van der Waals surface area contributed by atoms with Crippen LogP contribution >= 0.6 is 0 Å². The molecule has 2 nitrogen and oxygen atoms in total. The molecule has 2 unspecified atom stereocenters. The van der Waals surface area contributed by atoms with Gasteiger partial charge in [0.1, 0.15) is 0 Å². The largest absolute Gasteiger partial charge is 0.306 e. The van der Waals surface area contributed by atoms with Gasteiger partial charge in [0.25, 0.3) is 0 Å². The smallest absolute Gasteiger partial charge is 0.0240 e. The first-order chi connectivity index (χ1) is 10.8. The van der Waals surface area contributed by atoms with Crippen LogP contribution in [0.15, 0.2) is 60.7 Å². The molecule has 2 heteroatoms. The number of nitrogens with zero attached hydrogens (tertiary/aromatic N) is 2. The first kappa shape index (κ1) is 14.0. The van der Waals surface area contributed by atoms with Gasteiger partial charge in [-0.05, 0) is 30.0 Å². The molecule has 114 valence electrons. The summed E-state index contributed by atoms with van der Waals surface area (Å²) in [6.07, 6.45) is 0. The third kappa shape index (κ3) is 2.81. The second-order valence-corrected chi connectivity index (χ2v) is 6.92. The van der Waals surface area contributed by atoms with Crippen molar-refractivity contribution in [2.45, 2.75) is 19.1 Å². The molecule has 22 heavy (non-hydrogen) atoms. The number of hydrogen-bond acceptors (Lipinski definition) is 2. The summed E-state index contributed by atoms with van der Waals surface area (Å²) in [7, 11) is 2.25. The van der Waals surface area contributed by atoms with E-state index in [2.05, 4.69) is 77.5 Å². The van der Waals surface area contributed by atoms with Crippen molar-refractivity contribution in [2.75, 3.05) is 20.1 Å². The van der Waals surface area contributed by atoms with Crippen molar-refractivity contribution in [3.63, 3.8) is 0 Å². The maximum Gasteiger partial charge on any atom is 0.0240 e. The topological polar surface area (TPSA) is 6.48 Å². The second-order valence-electron chi connectivity index (χ2n) is 6.92. The average Bonchev–Trinajstić information content (AvgIpc) is 3.05. The monoisotopic (exact) mass is 292 g/mol. The van der Waals surface area contributed by atoms with Gasteiger partial charge >= 0.3 is 0 Å². The SMILES string of the molecule is CN1CC2C(C1)C2N(Cc1ccccc1)Cc1ccccc1. The van der Waals surface area contributed by atoms with Crippen LogP contribution in [0.1, 0.15) is 11.1 Å². The minimum atomic E-state index is 0.775. The molecule has 0 aromatic heterocycles. The molecular formula is C20H24N2. The van der Waals surface area contributed by atoms with Crippen LogP contribution in [0.2, 0.25) is 0 Å². The highest BCUT2D eigenvalue weighted by molar-refractivity contribution is 5.20. The lowest BCUT2D eigenvalue weighted by molar-refractivity contribution is 0.196. The van der Waals surface area contributed by atoms with Crippen LogP contribution in [-0.2, 0) is 13.1 Å². The molecule has 1 aliphatic heterocycles. The van der Waals surface area contributed by atoms with E-state index >= 15 is 0 Å². The predicted octanol–water partition coefficient (Wildman–Crippen LogP) is 3.25. The molecule has 2 aliphatic rings. The first-order valence-electron chi connectivity index (χ1n) is 8.32. The fraction of sp³-hybridized carbons (Fsp3) is 0.400. The third-order valence-corrected chi connectivity index (χ3v) is 5.21. The van der Waals surface area contributed by atoms with E-state index < -0.39 is 0 Å². The van der Waals surface area contributed by atoms with Gasteiger partial charge in [0, 0.05) is 32.2 Å². The number of hydrogen-bond donors (Lipinski definition) is 0. The molecule has 4 rings (SSSR count). The number of likely N-dealkylation sites (tertiary alicyclic amines) is 1. The molecule has 0 amide bonds. The highest BCUT2D eigenvalue weighted by Gasteiger charge is 2.57. The maximum absolute atomic E-state index is 2.70. The van der Waals surface area contributed by atoms with E-state index in [9.17, 15) is 0 Å². The zero-order chi connectivity index (χ0) is 14.9. The molecule has 2 aromatic carbocycles. The molecule has 0 bridgehead atoms. The van der Waals surface area contributed by atoms with Crippen LogP contribution in [-0.4, -0.2) is 36.0 Å². The van der Waals surface area contributed by atoms with Crippen molar-refractivity contribution >= 4 is 0 Å². The molecule has 1 saturated heterocycles. The Hall–Kier alpha value is -1.64. The van der Waals surface area contributed by atoms with Crippen molar-refractivity contribution < 1.29 is 0 Å². The molecule has 1 saturated carbocycles. The van der Waals surface area contributed by atoms with E-state index in [1.54, 1.807) is 0 Å². The second kappa shape index (κ2) is 5.86. The Morgan fingerprint density at radius 1 is 0.818 bits per heavy atom. The highest BCUT2D eigenvalue weighted by atomic mass is 15.3. The highest BCUT2D eigenvalue weighted by Crippen LogP contribution is 2.49. The Labute approximate surface area is 133 Å². The quantitative estimate of drug-likeness (QED) is 0.834. The average molecular weight is 292 g/mol. The molecule has 0 radical (unpaired) electrons. The number of rotatable bonds is 5. The van der Waals surface area contributed by atoms with Crippen LogP contribution in [0.5, 0.6) is 0 Å². The van der Waals surface area contributed by atoms with Crippen LogP contribution < -0.4 is 0 Å². The summed E-state index contributed by atoms with van der Waals surface area (Å²) in [5.41, 5.74) is 2.86. The number of benzene rings is 2. The Balaban J connectivity index is 1.51. The van der Waals surface area contributed by atoms with Gasteiger partial charge in [-0.1, -0.05) is 60.7 Å². The molecule has 2 atom stereocenters. The van der Waals surface area contributed by atoms with Crippen LogP contribution in [0.3, 0.4) is 0 Å². The van der Waals surface area contributed by atoms with Gasteiger partial charge in [-0.3, -0.25) is 4.90 Å². The normalized spacial score (nSPS) is 27.1. The van der Waals surface area contributed by atoms with Crippen molar-refractivity contribution in [3.8, 4) is 0 Å². The van der Waals surface area contributed by atoms with E-state index in [0.29, 0.717) is 0 Å². The fourth-order valence-corrected chi connectivity index (χ4v) is 4.15. The lowest BCUT2D eigenvalue weighted by Gasteiger charge is -2.26. The minimum absolute atomic E-state index is 0.775. The van der Waals surface area contributed by atoms with E-state index in [1.165, 1.54) is 24.2 Å². The number of fused-ring (bicyclic) bond motifs is 1. The zero-order valence-corrected chi connectivity index (χ0v) is 13.2. The predicted molar refractivity (Wildman–Crippen MR) is 90.4 cm³/mol. The third-order valence-electron chi connectivity index (χ3n) is 5.21. The van der Waals surface area contributed by atoms with Crippen LogP contribution in [0.25, 0.3) is 0 Å². The van der Waals surface area contributed by atoms with E-state index in [4.69, 9.17) is 0 Å². The summed E-state index contributed by atoms with van der Waals surface area (Å²) in [5, 5.41) is 0. The van der Waals surface area contributed by atoms with Gasteiger partial charge in [0.05, 0.1) is 0 Å². The summed E-state index contributed by atoms with van der Waals surface area (Å²) in [6, 6.07) is 22.6. The summed E-state index contributed by atoms with van der Waals surface area (Å²) in [6.45, 7) is 4.68. The molecule has 1 heterocycles. The summed E-state index contributed by atoms with van der Waals surface area (Å²) in [5.74, 6) is 1.77. The Morgan fingerprint density at radius 3 is 1.73 bits per heavy atom. The van der Waals surface area contributed by atoms with Gasteiger partial charge in [-0.2, -0.15) is 0 Å². The van der Waals surface area contributed by atoms with E-state index in [0.717, 1.165) is 31.0 Å². The summed E-state index contributed by atoms with van der Waals surface area (Å²) in [4.78, 5) is 5.18. The zero-order valence-electron chi connectivity index (χ0n) is 13.2. The van der Waals surface area contributed by atoms with Gasteiger partial charge in [-0.15, -0.1) is 0 Å². The van der Waals surface area contributed by atoms with E-state index in [1.807, 2.05) is 0 Å². The van der Waals surface area contributed by atoms with Crippen molar-refractivity contribution in [1.82, 2.24) is 9.80 Å². The Kier molecular flexibility index (Phi) is 3.73. The van der Waals surface area contributed by atoms with Gasteiger partial charge in [0.15, 0.2) is 0 Å². The minimum Gasteiger partial charge on any atom is -0.306 e. The molecule has 0 N–H and O–H groups in total. The number of piperidine rings is 1. The molecule has 1 aliphatic carbocycles. The van der Waals surface area contributed by atoms with Gasteiger partial charge < -0.3 is 4.90 Å². The molecule has 2 fully saturated rings. The van der Waals surface area contributed by atoms with Crippen LogP contribution in [0, 0.1) is 11.8 Å². The fourth-order valence-electron chi connectivity index (χ4n) is 4.15. The van der Waals surface area contributed by atoms with Crippen molar-refractivity contribution in [1.29, 1.82) is 0 Å². The van der Waals surface area contributed by atoms with Gasteiger partial charge in [-0.25, -0.2) is 0 Å². The summed E-state index contributed by atoms with van der Waals surface area (Å²) < 4.78 is 0. The van der Waals surface area contributed by atoms with Gasteiger partial charge in [0.2, 0.25) is 0 Å². The molecular weight excluding hydrogens is 268 g/mol. The maximum atomic E-state index is 2.70. The van der Waals surface area contributed by atoms with Crippen molar-refractivity contribution in [3.05, 3.63) is 71.8 Å². The molecule has 0 spiro atoms. The van der Waals surface area contributed by atoms with Crippen molar-refractivity contribution in [2.24, 2.45) is 11.8 Å². The lowest BCUT2D eigenvalue weighted by atomic mass is 10.1. The Bertz CT molecular complexity index is 557. The standard InChI is InChI=1S/C20H24N2/c1-21-14-18-19(15-21)20(18)22(12-16-8-4-2-5-9-16)13-17-10-6-3-7-11-17/h2-11,18-20H,12-15H2,1H3. The first-order valence-corrected chi connectivity index (χ1v) is 8.32.